The van der Waals surface area contributed by atoms with Crippen molar-refractivity contribution in [3.05, 3.63) is 58.1 Å². The van der Waals surface area contributed by atoms with E-state index in [1.54, 1.807) is 17.8 Å². The van der Waals surface area contributed by atoms with Gasteiger partial charge in [-0.1, -0.05) is 11.3 Å². The highest BCUT2D eigenvalue weighted by Crippen LogP contribution is 2.17. The Balaban J connectivity index is 0.00000225. The Labute approximate surface area is 155 Å². The number of carbonyl (C=O) groups is 1. The van der Waals surface area contributed by atoms with Crippen LogP contribution in [-0.4, -0.2) is 31.8 Å². The van der Waals surface area contributed by atoms with E-state index >= 15 is 0 Å². The van der Waals surface area contributed by atoms with Gasteiger partial charge in [0.1, 0.15) is 0 Å². The minimum atomic E-state index is 0. The summed E-state index contributed by atoms with van der Waals surface area (Å²) in [4.78, 5) is 17.8. The van der Waals surface area contributed by atoms with Crippen molar-refractivity contribution in [3.8, 4) is 5.69 Å². The maximum Gasteiger partial charge on any atom is 0.190 e. The maximum atomic E-state index is 11.7. The van der Waals surface area contributed by atoms with Crippen molar-refractivity contribution in [1.29, 1.82) is 0 Å². The summed E-state index contributed by atoms with van der Waals surface area (Å²) >= 11 is 1.35. The second-order valence-corrected chi connectivity index (χ2v) is 6.29. The van der Waals surface area contributed by atoms with Crippen LogP contribution in [0, 0.1) is 6.92 Å². The number of benzene rings is 1. The molecule has 0 aliphatic carbocycles. The molecule has 6 nitrogen and oxygen atoms in total. The summed E-state index contributed by atoms with van der Waals surface area (Å²) in [5.41, 5.74) is 2.58. The fraction of sp³-hybridized carbons (Fsp3) is 0.235. The first kappa shape index (κ1) is 19.1. The molecular formula is C17H19ClN4O2S. The van der Waals surface area contributed by atoms with Crippen molar-refractivity contribution in [2.75, 3.05) is 6.61 Å². The summed E-state index contributed by atoms with van der Waals surface area (Å²) in [7, 11) is 0. The molecule has 2 heterocycles. The quantitative estimate of drug-likeness (QED) is 0.694. The monoisotopic (exact) mass is 378 g/mol. The van der Waals surface area contributed by atoms with Crippen LogP contribution in [0.3, 0.4) is 0 Å². The van der Waals surface area contributed by atoms with Gasteiger partial charge in [-0.25, -0.2) is 9.67 Å². The molecule has 132 valence electrons. The van der Waals surface area contributed by atoms with Crippen LogP contribution in [0.2, 0.25) is 0 Å². The number of carbonyl (C=O) groups excluding carboxylic acids is 1. The van der Waals surface area contributed by atoms with Crippen LogP contribution in [0.15, 0.2) is 47.7 Å². The summed E-state index contributed by atoms with van der Waals surface area (Å²) < 4.78 is 3.65. The number of rotatable bonds is 5. The third-order valence-electron chi connectivity index (χ3n) is 3.64. The Hall–Kier alpha value is -2.22. The van der Waals surface area contributed by atoms with Crippen molar-refractivity contribution >= 4 is 35.2 Å². The largest absolute Gasteiger partial charge is 0.395 e. The molecule has 0 saturated carbocycles. The van der Waals surface area contributed by atoms with E-state index in [0.717, 1.165) is 17.1 Å². The van der Waals surface area contributed by atoms with Crippen molar-refractivity contribution in [2.45, 2.75) is 20.4 Å². The predicted molar refractivity (Wildman–Crippen MR) is 100 cm³/mol. The average molecular weight is 379 g/mol. The topological polar surface area (TPSA) is 72.4 Å². The number of Topliss-reactive ketones (excluding diaryl/α,β-unsaturated/α-hetero) is 1. The Morgan fingerprint density at radius 1 is 1.32 bits per heavy atom. The zero-order valence-electron chi connectivity index (χ0n) is 13.9. The highest BCUT2D eigenvalue weighted by atomic mass is 35.5. The summed E-state index contributed by atoms with van der Waals surface area (Å²) in [6.07, 6.45) is 3.61. The molecule has 0 spiro atoms. The number of aliphatic hydroxyl groups excluding tert-OH is 1. The molecule has 8 heteroatoms. The van der Waals surface area contributed by atoms with Gasteiger partial charge in [0, 0.05) is 31.6 Å². The van der Waals surface area contributed by atoms with E-state index < -0.39 is 0 Å². The van der Waals surface area contributed by atoms with Crippen LogP contribution >= 0.6 is 23.7 Å². The van der Waals surface area contributed by atoms with Gasteiger partial charge in [-0.05, 0) is 37.3 Å². The average Bonchev–Trinajstić information content (AvgIpc) is 3.19. The molecular weight excluding hydrogens is 360 g/mol. The molecule has 3 aromatic rings. The highest BCUT2D eigenvalue weighted by Gasteiger charge is 2.13. The fourth-order valence-corrected chi connectivity index (χ4v) is 3.54. The fourth-order valence-electron chi connectivity index (χ4n) is 2.47. The number of ketones is 1. The zero-order valence-corrected chi connectivity index (χ0v) is 15.5. The first-order chi connectivity index (χ1) is 11.6. The molecule has 0 atom stereocenters. The van der Waals surface area contributed by atoms with Gasteiger partial charge in [0.05, 0.1) is 22.9 Å². The van der Waals surface area contributed by atoms with Crippen LogP contribution in [0.25, 0.3) is 5.69 Å². The van der Waals surface area contributed by atoms with E-state index in [4.69, 9.17) is 0 Å². The first-order valence-electron chi connectivity index (χ1n) is 7.57. The third-order valence-corrected chi connectivity index (χ3v) is 4.93. The number of aromatic nitrogens is 3. The summed E-state index contributed by atoms with van der Waals surface area (Å²) in [6, 6.07) is 9.56. The number of hydrogen-bond acceptors (Lipinski definition) is 5. The molecule has 25 heavy (non-hydrogen) atoms. The molecule has 1 aromatic carbocycles. The molecule has 0 unspecified atom stereocenters. The van der Waals surface area contributed by atoms with Crippen LogP contribution in [-0.2, 0) is 6.54 Å². The smallest absolute Gasteiger partial charge is 0.190 e. The van der Waals surface area contributed by atoms with Crippen molar-refractivity contribution in [3.63, 3.8) is 0 Å². The Morgan fingerprint density at radius 3 is 2.60 bits per heavy atom. The highest BCUT2D eigenvalue weighted by molar-refractivity contribution is 7.11. The Morgan fingerprint density at radius 2 is 2.04 bits per heavy atom. The number of halogens is 1. The van der Waals surface area contributed by atoms with Gasteiger partial charge in [0.15, 0.2) is 10.6 Å². The molecule has 0 bridgehead atoms. The van der Waals surface area contributed by atoms with Gasteiger partial charge in [-0.3, -0.25) is 4.79 Å². The maximum absolute atomic E-state index is 11.7. The molecule has 0 aliphatic rings. The number of aliphatic hydroxyl groups is 1. The molecule has 1 N–H and O–H groups in total. The molecule has 0 amide bonds. The van der Waals surface area contributed by atoms with Gasteiger partial charge < -0.3 is 9.67 Å². The SMILES string of the molecule is CC(=O)c1sc(=Nc2ccc(-n3cccn3)cc2)n(CCO)c1C.Cl. The summed E-state index contributed by atoms with van der Waals surface area (Å²) in [5.74, 6) is 0.0136. The number of nitrogens with zero attached hydrogens (tertiary/aromatic N) is 4. The molecule has 0 saturated heterocycles. The lowest BCUT2D eigenvalue weighted by Crippen LogP contribution is -2.18. The van der Waals surface area contributed by atoms with Gasteiger partial charge >= 0.3 is 0 Å². The lowest BCUT2D eigenvalue weighted by molar-refractivity contribution is 0.102. The van der Waals surface area contributed by atoms with E-state index in [1.165, 1.54) is 11.3 Å². The predicted octanol–water partition coefficient (Wildman–Crippen LogP) is 2.89. The van der Waals surface area contributed by atoms with E-state index in [2.05, 4.69) is 10.1 Å². The molecule has 3 rings (SSSR count). The van der Waals surface area contributed by atoms with Gasteiger partial charge in [0.2, 0.25) is 0 Å². The van der Waals surface area contributed by atoms with E-state index in [9.17, 15) is 9.90 Å². The minimum Gasteiger partial charge on any atom is -0.395 e. The van der Waals surface area contributed by atoms with Crippen molar-refractivity contribution in [1.82, 2.24) is 14.3 Å². The zero-order chi connectivity index (χ0) is 17.1. The molecule has 0 fully saturated rings. The van der Waals surface area contributed by atoms with Gasteiger partial charge in [-0.15, -0.1) is 12.4 Å². The minimum absolute atomic E-state index is 0. The van der Waals surface area contributed by atoms with E-state index in [0.29, 0.717) is 16.2 Å². The summed E-state index contributed by atoms with van der Waals surface area (Å²) in [5, 5.41) is 13.5. The lowest BCUT2D eigenvalue weighted by Gasteiger charge is -2.04. The number of hydrogen-bond donors (Lipinski definition) is 1. The van der Waals surface area contributed by atoms with Crippen LogP contribution in [0.1, 0.15) is 22.3 Å². The van der Waals surface area contributed by atoms with Crippen LogP contribution in [0.5, 0.6) is 0 Å². The summed E-state index contributed by atoms with van der Waals surface area (Å²) in [6.45, 7) is 3.84. The molecule has 2 aromatic heterocycles. The van der Waals surface area contributed by atoms with Crippen LogP contribution < -0.4 is 4.80 Å². The normalized spacial score (nSPS) is 11.4. The van der Waals surface area contributed by atoms with Crippen LogP contribution in [0.4, 0.5) is 5.69 Å². The van der Waals surface area contributed by atoms with Crippen molar-refractivity contribution < 1.29 is 9.90 Å². The van der Waals surface area contributed by atoms with Gasteiger partial charge in [-0.2, -0.15) is 5.10 Å². The molecule has 0 aliphatic heterocycles. The molecule has 0 radical (unpaired) electrons. The second-order valence-electron chi connectivity index (χ2n) is 5.31. The first-order valence-corrected chi connectivity index (χ1v) is 8.38. The Bertz CT molecular complexity index is 911. The third kappa shape index (κ3) is 4.07. The van der Waals surface area contributed by atoms with E-state index in [-0.39, 0.29) is 24.8 Å². The number of thiazole rings is 1. The van der Waals surface area contributed by atoms with Gasteiger partial charge in [0.25, 0.3) is 0 Å². The Kier molecular flexibility index (Phi) is 6.30. The van der Waals surface area contributed by atoms with E-state index in [1.807, 2.05) is 48.0 Å². The lowest BCUT2D eigenvalue weighted by atomic mass is 10.3. The van der Waals surface area contributed by atoms with Crippen molar-refractivity contribution in [2.24, 2.45) is 4.99 Å². The standard InChI is InChI=1S/C17H18N4O2S.ClH/c1-12-16(13(2)23)24-17(20(12)10-11-22)19-14-4-6-15(7-5-14)21-9-3-8-18-21;/h3-9,22H,10-11H2,1-2H3;1H. The second kappa shape index (κ2) is 8.24.